The Labute approximate surface area is 45.2 Å². The van der Waals surface area contributed by atoms with Gasteiger partial charge in [0.25, 0.3) is 0 Å². The second-order valence-electron chi connectivity index (χ2n) is 0.597. The third-order valence-electron chi connectivity index (χ3n) is 0.138. The molecule has 0 aromatic heterocycles. The van der Waals surface area contributed by atoms with E-state index in [-0.39, 0.29) is 0 Å². The van der Waals surface area contributed by atoms with Gasteiger partial charge in [-0.25, -0.2) is 4.40 Å². The third kappa shape index (κ3) is 4.50. The zero-order valence-corrected chi connectivity index (χ0v) is 5.25. The molecule has 5 heavy (non-hydrogen) atoms. The molecule has 0 aromatic rings. The quantitative estimate of drug-likeness (QED) is 0.402. The molecule has 0 aliphatic heterocycles. The molecule has 0 aliphatic carbocycles. The molecule has 0 saturated heterocycles. The molecule has 3 heteroatoms. The largest absolute Gasteiger partial charge is 0.217 e. The van der Waals surface area contributed by atoms with E-state index in [2.05, 4.69) is 33.1 Å². The van der Waals surface area contributed by atoms with E-state index in [0.29, 0.717) is 0 Å². The van der Waals surface area contributed by atoms with Crippen LogP contribution >= 0.6 is 28.7 Å². The van der Waals surface area contributed by atoms with Gasteiger partial charge in [0.2, 0.25) is 0 Å². The molecule has 30 valence electrons. The van der Waals surface area contributed by atoms with Crippen LogP contribution in [0.4, 0.5) is 0 Å². The molecule has 0 unspecified atom stereocenters. The summed E-state index contributed by atoms with van der Waals surface area (Å²) in [7, 11) is 0. The van der Waals surface area contributed by atoms with E-state index in [1.165, 1.54) is 0 Å². The highest BCUT2D eigenvalue weighted by Gasteiger charge is 1.66. The molecule has 0 rings (SSSR count). The fourth-order valence-electron chi connectivity index (χ4n) is 0. The van der Waals surface area contributed by atoms with Crippen LogP contribution in [0.1, 0.15) is 6.92 Å². The van der Waals surface area contributed by atoms with Crippen molar-refractivity contribution in [1.29, 1.82) is 0 Å². The Kier molecular flexibility index (Phi) is 2.99. The zero-order chi connectivity index (χ0) is 4.28. The number of hydrogen-bond donors (Lipinski definition) is 1. The molecule has 0 amide bonds. The van der Waals surface area contributed by atoms with Crippen molar-refractivity contribution in [1.82, 2.24) is 0 Å². The first kappa shape index (κ1) is 5.50. The van der Waals surface area contributed by atoms with Crippen molar-refractivity contribution in [2.75, 3.05) is 0 Å². The van der Waals surface area contributed by atoms with E-state index in [1.807, 2.05) is 6.92 Å². The van der Waals surface area contributed by atoms with Gasteiger partial charge in [0.15, 0.2) is 0 Å². The van der Waals surface area contributed by atoms with Gasteiger partial charge in [-0.3, -0.25) is 0 Å². The van der Waals surface area contributed by atoms with Crippen LogP contribution in [-0.2, 0) is 0 Å². The molecule has 0 aromatic carbocycles. The zero-order valence-electron chi connectivity index (χ0n) is 2.77. The summed E-state index contributed by atoms with van der Waals surface area (Å²) in [5.74, 6) is 0. The molecule has 0 radical (unpaired) electrons. The molecular weight excluding hydrogens is 150 g/mol. The molecule has 0 saturated carbocycles. The summed E-state index contributed by atoms with van der Waals surface area (Å²) in [6.45, 7) is 1.81. The molecular formula is C2H4BrNS. The summed E-state index contributed by atoms with van der Waals surface area (Å²) in [5.41, 5.74) is 0. The average molecular weight is 154 g/mol. The topological polar surface area (TPSA) is 12.4 Å². The van der Waals surface area contributed by atoms with Crippen molar-refractivity contribution in [3.05, 3.63) is 0 Å². The first-order valence-corrected chi connectivity index (χ1v) is 2.31. The molecule has 1 nitrogen and oxygen atoms in total. The average Bonchev–Trinajstić information content (AvgIpc) is 1.38. The summed E-state index contributed by atoms with van der Waals surface area (Å²) < 4.78 is 4.22. The highest BCUT2D eigenvalue weighted by molar-refractivity contribution is 9.18. The van der Waals surface area contributed by atoms with Crippen LogP contribution in [-0.4, -0.2) is 4.62 Å². The van der Waals surface area contributed by atoms with Crippen molar-refractivity contribution in [2.45, 2.75) is 6.92 Å². The lowest BCUT2D eigenvalue weighted by Crippen LogP contribution is -1.62. The maximum Gasteiger partial charge on any atom is 0.0878 e. The van der Waals surface area contributed by atoms with E-state index >= 15 is 0 Å². The van der Waals surface area contributed by atoms with Gasteiger partial charge in [-0.2, -0.15) is 0 Å². The van der Waals surface area contributed by atoms with Crippen molar-refractivity contribution in [3.8, 4) is 0 Å². The molecule has 0 atom stereocenters. The van der Waals surface area contributed by atoms with Gasteiger partial charge in [-0.15, -0.1) is 0 Å². The van der Waals surface area contributed by atoms with Crippen molar-refractivity contribution in [3.63, 3.8) is 0 Å². The predicted molar refractivity (Wildman–Crippen MR) is 31.0 cm³/mol. The summed E-state index contributed by atoms with van der Waals surface area (Å²) in [5, 5.41) is 0. The Morgan fingerprint density at radius 1 is 2.00 bits per heavy atom. The van der Waals surface area contributed by atoms with Crippen LogP contribution in [0.3, 0.4) is 0 Å². The first-order chi connectivity index (χ1) is 2.27. The molecule has 0 fully saturated rings. The summed E-state index contributed by atoms with van der Waals surface area (Å²) >= 11 is 6.60. The first-order valence-electron chi connectivity index (χ1n) is 1.11. The summed E-state index contributed by atoms with van der Waals surface area (Å²) in [6, 6.07) is 0. The number of rotatable bonds is 0. The van der Waals surface area contributed by atoms with Crippen LogP contribution in [0.2, 0.25) is 0 Å². The van der Waals surface area contributed by atoms with Gasteiger partial charge in [-0.1, -0.05) is 0 Å². The van der Waals surface area contributed by atoms with Crippen molar-refractivity contribution >= 4 is 33.4 Å². The van der Waals surface area contributed by atoms with E-state index in [0.717, 1.165) is 4.62 Å². The van der Waals surface area contributed by atoms with Gasteiger partial charge in [0.1, 0.15) is 0 Å². The number of hydrogen-bond acceptors (Lipinski definition) is 2. The highest BCUT2D eigenvalue weighted by Crippen LogP contribution is 1.87. The SMILES string of the molecule is CC(Br)=NS. The van der Waals surface area contributed by atoms with Crippen molar-refractivity contribution in [2.24, 2.45) is 4.40 Å². The second kappa shape index (κ2) is 2.72. The van der Waals surface area contributed by atoms with Gasteiger partial charge < -0.3 is 0 Å². The molecule has 0 heterocycles. The molecule has 0 N–H and O–H groups in total. The minimum atomic E-state index is 0.806. The van der Waals surface area contributed by atoms with Crippen molar-refractivity contribution < 1.29 is 0 Å². The van der Waals surface area contributed by atoms with E-state index in [4.69, 9.17) is 0 Å². The van der Waals surface area contributed by atoms with E-state index in [9.17, 15) is 0 Å². The van der Waals surface area contributed by atoms with Crippen LogP contribution in [0.25, 0.3) is 0 Å². The predicted octanol–water partition coefficient (Wildman–Crippen LogP) is 1.64. The fourth-order valence-corrected chi connectivity index (χ4v) is 0. The second-order valence-corrected chi connectivity index (χ2v) is 1.94. The number of halogens is 1. The normalized spacial score (nSPS) is 12.2. The Morgan fingerprint density at radius 3 is 2.20 bits per heavy atom. The lowest BCUT2D eigenvalue weighted by molar-refractivity contribution is 1.89. The number of thiol groups is 1. The van der Waals surface area contributed by atoms with Crippen LogP contribution < -0.4 is 0 Å². The lowest BCUT2D eigenvalue weighted by atomic mass is 10.9. The van der Waals surface area contributed by atoms with Crippen LogP contribution in [0.5, 0.6) is 0 Å². The standard InChI is InChI=1S/C2H4BrNS/c1-2(3)4-5/h5H,1H3. The maximum atomic E-state index is 3.56. The minimum Gasteiger partial charge on any atom is -0.217 e. The molecule has 0 aliphatic rings. The smallest absolute Gasteiger partial charge is 0.0878 e. The third-order valence-corrected chi connectivity index (χ3v) is 0.889. The molecule has 0 bridgehead atoms. The van der Waals surface area contributed by atoms with Crippen LogP contribution in [0, 0.1) is 0 Å². The maximum absolute atomic E-state index is 3.56. The Bertz CT molecular complexity index is 47.6. The fraction of sp³-hybridized carbons (Fsp3) is 0.500. The Balaban J connectivity index is 3.14. The Morgan fingerprint density at radius 2 is 2.20 bits per heavy atom. The highest BCUT2D eigenvalue weighted by atomic mass is 79.9. The van der Waals surface area contributed by atoms with Gasteiger partial charge >= 0.3 is 0 Å². The monoisotopic (exact) mass is 153 g/mol. The van der Waals surface area contributed by atoms with E-state index < -0.39 is 0 Å². The van der Waals surface area contributed by atoms with E-state index in [1.54, 1.807) is 0 Å². The van der Waals surface area contributed by atoms with Gasteiger partial charge in [0, 0.05) is 0 Å². The minimum absolute atomic E-state index is 0.806. The molecule has 0 spiro atoms. The number of nitrogens with zero attached hydrogens (tertiary/aromatic N) is 1. The summed E-state index contributed by atoms with van der Waals surface area (Å²) in [6.07, 6.45) is 0. The van der Waals surface area contributed by atoms with Gasteiger partial charge in [0.05, 0.1) is 4.62 Å². The summed E-state index contributed by atoms with van der Waals surface area (Å²) in [4.78, 5) is 0. The van der Waals surface area contributed by atoms with Gasteiger partial charge in [-0.05, 0) is 35.7 Å². The van der Waals surface area contributed by atoms with Crippen LogP contribution in [0.15, 0.2) is 4.40 Å². The Hall–Kier alpha value is 0.500. The lowest BCUT2D eigenvalue weighted by Gasteiger charge is -1.69.